The predicted molar refractivity (Wildman–Crippen MR) is 82.0 cm³/mol. The van der Waals surface area contributed by atoms with Crippen LogP contribution in [-0.4, -0.2) is 30.2 Å². The molecular weight excluding hydrogens is 254 g/mol. The molecule has 0 saturated carbocycles. The van der Waals surface area contributed by atoms with Crippen molar-refractivity contribution in [3.05, 3.63) is 17.7 Å². The van der Waals surface area contributed by atoms with Crippen LogP contribution in [0.1, 0.15) is 32.3 Å². The summed E-state index contributed by atoms with van der Waals surface area (Å²) in [6.07, 6.45) is 1.99. The molecule has 0 radical (unpaired) electrons. The number of hydrogen-bond acceptors (Lipinski definition) is 4. The molecule has 0 aliphatic carbocycles. The molecule has 0 bridgehead atoms. The minimum atomic E-state index is 0.0469. The highest BCUT2D eigenvalue weighted by Gasteiger charge is 2.20. The van der Waals surface area contributed by atoms with Gasteiger partial charge in [0.15, 0.2) is 0 Å². The lowest BCUT2D eigenvalue weighted by atomic mass is 10.0. The summed E-state index contributed by atoms with van der Waals surface area (Å²) in [6, 6.07) is 4.22. The number of hydrogen-bond donors (Lipinski definition) is 3. The van der Waals surface area contributed by atoms with Crippen molar-refractivity contribution >= 4 is 23.0 Å². The van der Waals surface area contributed by atoms with Crippen LogP contribution < -0.4 is 16.0 Å². The van der Waals surface area contributed by atoms with E-state index in [1.165, 1.54) is 0 Å². The second-order valence-electron chi connectivity index (χ2n) is 5.48. The molecule has 1 aromatic carbocycles. The smallest absolute Gasteiger partial charge is 0.224 e. The maximum atomic E-state index is 11.4. The highest BCUT2D eigenvalue weighted by Crippen LogP contribution is 2.34. The molecule has 1 aromatic rings. The van der Waals surface area contributed by atoms with Crippen molar-refractivity contribution in [2.75, 3.05) is 29.1 Å². The van der Waals surface area contributed by atoms with Gasteiger partial charge >= 0.3 is 0 Å². The number of aryl methyl sites for hydroxylation is 1. The normalized spacial score (nSPS) is 14.1. The van der Waals surface area contributed by atoms with E-state index in [4.69, 9.17) is 10.8 Å². The first-order valence-electron chi connectivity index (χ1n) is 7.12. The highest BCUT2D eigenvalue weighted by molar-refractivity contribution is 5.95. The average molecular weight is 277 g/mol. The van der Waals surface area contributed by atoms with Crippen LogP contribution in [0, 0.1) is 0 Å². The summed E-state index contributed by atoms with van der Waals surface area (Å²) in [6.45, 7) is 5.16. The molecule has 1 amide bonds. The number of aliphatic hydroxyl groups is 1. The van der Waals surface area contributed by atoms with E-state index in [2.05, 4.69) is 30.1 Å². The van der Waals surface area contributed by atoms with Gasteiger partial charge in [0.1, 0.15) is 0 Å². The Morgan fingerprint density at radius 3 is 2.80 bits per heavy atom. The molecule has 0 atom stereocenters. The molecule has 1 aliphatic rings. The summed E-state index contributed by atoms with van der Waals surface area (Å²) >= 11 is 0. The fraction of sp³-hybridized carbons (Fsp3) is 0.533. The lowest BCUT2D eigenvalue weighted by molar-refractivity contribution is -0.116. The van der Waals surface area contributed by atoms with Crippen LogP contribution in [0.15, 0.2) is 12.1 Å². The Bertz CT molecular complexity index is 500. The molecule has 0 unspecified atom stereocenters. The second kappa shape index (κ2) is 6.13. The van der Waals surface area contributed by atoms with E-state index in [0.717, 1.165) is 29.9 Å². The Morgan fingerprint density at radius 2 is 2.15 bits per heavy atom. The Kier molecular flexibility index (Phi) is 4.49. The Hall–Kier alpha value is -1.75. The first-order valence-corrected chi connectivity index (χ1v) is 7.12. The van der Waals surface area contributed by atoms with E-state index < -0.39 is 0 Å². The number of amides is 1. The van der Waals surface area contributed by atoms with Crippen molar-refractivity contribution in [2.45, 2.75) is 39.2 Å². The number of aliphatic hydroxyl groups excluding tert-OH is 1. The van der Waals surface area contributed by atoms with Gasteiger partial charge in [-0.2, -0.15) is 0 Å². The molecule has 0 spiro atoms. The van der Waals surface area contributed by atoms with Crippen molar-refractivity contribution in [1.82, 2.24) is 0 Å². The number of rotatable bonds is 5. The number of nitrogen functional groups attached to an aromatic ring is 1. The number of nitrogens with two attached hydrogens (primary N) is 1. The summed E-state index contributed by atoms with van der Waals surface area (Å²) in [7, 11) is 0. The fourth-order valence-corrected chi connectivity index (χ4v) is 2.58. The van der Waals surface area contributed by atoms with Gasteiger partial charge in [-0.05, 0) is 44.4 Å². The van der Waals surface area contributed by atoms with Gasteiger partial charge in [-0.25, -0.2) is 0 Å². The molecule has 1 heterocycles. The highest BCUT2D eigenvalue weighted by atomic mass is 16.3. The van der Waals surface area contributed by atoms with Gasteiger partial charge in [-0.3, -0.25) is 4.79 Å². The molecular formula is C15H23N3O2. The molecule has 1 aliphatic heterocycles. The van der Waals surface area contributed by atoms with Gasteiger partial charge in [-0.1, -0.05) is 0 Å². The van der Waals surface area contributed by atoms with E-state index >= 15 is 0 Å². The second-order valence-corrected chi connectivity index (χ2v) is 5.48. The molecule has 0 fully saturated rings. The number of carbonyl (C=O) groups excluding carboxylic acids is 1. The monoisotopic (exact) mass is 277 g/mol. The van der Waals surface area contributed by atoms with Crippen LogP contribution in [0.4, 0.5) is 17.1 Å². The predicted octanol–water partition coefficient (Wildman–Crippen LogP) is 1.75. The average Bonchev–Trinajstić information content (AvgIpc) is 2.39. The van der Waals surface area contributed by atoms with Crippen molar-refractivity contribution in [3.8, 4) is 0 Å². The molecule has 5 nitrogen and oxygen atoms in total. The lowest BCUT2D eigenvalue weighted by Gasteiger charge is -2.31. The Balaban J connectivity index is 2.33. The Morgan fingerprint density at radius 1 is 1.40 bits per heavy atom. The molecule has 0 saturated heterocycles. The van der Waals surface area contributed by atoms with E-state index in [0.29, 0.717) is 24.6 Å². The third-order valence-electron chi connectivity index (χ3n) is 3.64. The van der Waals surface area contributed by atoms with Gasteiger partial charge in [0.25, 0.3) is 0 Å². The largest absolute Gasteiger partial charge is 0.397 e. The van der Waals surface area contributed by atoms with Crippen molar-refractivity contribution in [3.63, 3.8) is 0 Å². The summed E-state index contributed by atoms with van der Waals surface area (Å²) in [4.78, 5) is 13.6. The van der Waals surface area contributed by atoms with Crippen LogP contribution in [0.2, 0.25) is 0 Å². The molecule has 2 rings (SSSR count). The summed E-state index contributed by atoms with van der Waals surface area (Å²) in [5.41, 5.74) is 9.75. The standard InChI is InChI=1S/C15H23N3O2/c1-10(2)18(6-3-7-19)14-8-11-4-5-15(20)17-13(11)9-12(14)16/h8-10,19H,3-7,16H2,1-2H3,(H,17,20). The zero-order valence-electron chi connectivity index (χ0n) is 12.1. The lowest BCUT2D eigenvalue weighted by Crippen LogP contribution is -2.33. The maximum absolute atomic E-state index is 11.4. The fourth-order valence-electron chi connectivity index (χ4n) is 2.58. The van der Waals surface area contributed by atoms with Crippen molar-refractivity contribution in [1.29, 1.82) is 0 Å². The van der Waals surface area contributed by atoms with Gasteiger partial charge in [0.2, 0.25) is 5.91 Å². The number of carbonyl (C=O) groups is 1. The van der Waals surface area contributed by atoms with Crippen molar-refractivity contribution in [2.24, 2.45) is 0 Å². The molecule has 5 heteroatoms. The van der Waals surface area contributed by atoms with E-state index in [1.54, 1.807) is 0 Å². The molecule has 110 valence electrons. The van der Waals surface area contributed by atoms with Gasteiger partial charge < -0.3 is 21.1 Å². The number of fused-ring (bicyclic) bond motifs is 1. The van der Waals surface area contributed by atoms with Crippen LogP contribution in [-0.2, 0) is 11.2 Å². The number of benzene rings is 1. The number of nitrogens with one attached hydrogen (secondary N) is 1. The minimum absolute atomic E-state index is 0.0469. The molecule has 4 N–H and O–H groups in total. The third kappa shape index (κ3) is 3.04. The molecule has 20 heavy (non-hydrogen) atoms. The quantitative estimate of drug-likeness (QED) is 0.716. The van der Waals surface area contributed by atoms with E-state index in [9.17, 15) is 4.79 Å². The minimum Gasteiger partial charge on any atom is -0.397 e. The summed E-state index contributed by atoms with van der Waals surface area (Å²) in [5, 5.41) is 11.9. The summed E-state index contributed by atoms with van der Waals surface area (Å²) in [5.74, 6) is 0.0469. The zero-order valence-corrected chi connectivity index (χ0v) is 12.1. The van der Waals surface area contributed by atoms with Gasteiger partial charge in [0, 0.05) is 31.3 Å². The van der Waals surface area contributed by atoms with Crippen LogP contribution in [0.25, 0.3) is 0 Å². The van der Waals surface area contributed by atoms with Crippen LogP contribution >= 0.6 is 0 Å². The maximum Gasteiger partial charge on any atom is 0.224 e. The SMILES string of the molecule is CC(C)N(CCCO)c1cc2c(cc1N)NC(=O)CC2. The number of nitrogens with zero attached hydrogens (tertiary/aromatic N) is 1. The first kappa shape index (κ1) is 14.7. The zero-order chi connectivity index (χ0) is 14.7. The van der Waals surface area contributed by atoms with Crippen LogP contribution in [0.3, 0.4) is 0 Å². The molecule has 0 aromatic heterocycles. The third-order valence-corrected chi connectivity index (χ3v) is 3.64. The van der Waals surface area contributed by atoms with E-state index in [1.807, 2.05) is 6.07 Å². The van der Waals surface area contributed by atoms with Crippen LogP contribution in [0.5, 0.6) is 0 Å². The van der Waals surface area contributed by atoms with Crippen molar-refractivity contribution < 1.29 is 9.90 Å². The topological polar surface area (TPSA) is 78.6 Å². The van der Waals surface area contributed by atoms with E-state index in [-0.39, 0.29) is 12.5 Å². The first-order chi connectivity index (χ1) is 9.52. The van der Waals surface area contributed by atoms with Gasteiger partial charge in [-0.15, -0.1) is 0 Å². The summed E-state index contributed by atoms with van der Waals surface area (Å²) < 4.78 is 0. The van der Waals surface area contributed by atoms with Gasteiger partial charge in [0.05, 0.1) is 11.4 Å². The number of anilines is 3. The Labute approximate surface area is 119 Å².